The Morgan fingerprint density at radius 1 is 1.06 bits per heavy atom. The summed E-state index contributed by atoms with van der Waals surface area (Å²) in [5, 5.41) is 5.98. The molecule has 178 valence electrons. The molecule has 3 amide bonds. The third-order valence-electron chi connectivity index (χ3n) is 8.01. The van der Waals surface area contributed by atoms with Gasteiger partial charge in [-0.25, -0.2) is 0 Å². The van der Waals surface area contributed by atoms with Crippen molar-refractivity contribution in [1.29, 1.82) is 0 Å². The lowest BCUT2D eigenvalue weighted by atomic mass is 9.49. The third kappa shape index (κ3) is 4.59. The Bertz CT molecular complexity index is 883. The number of hydrogen-bond acceptors (Lipinski definition) is 5. The fraction of sp³-hybridized carbons (Fsp3) is 0.640. The van der Waals surface area contributed by atoms with Gasteiger partial charge in [-0.2, -0.15) is 0 Å². The number of nitrogens with zero attached hydrogens (tertiary/aromatic N) is 1. The van der Waals surface area contributed by atoms with E-state index >= 15 is 0 Å². The molecule has 0 aromatic heterocycles. The molecule has 7 nitrogen and oxygen atoms in total. The quantitative estimate of drug-likeness (QED) is 0.637. The molecule has 1 atom stereocenters. The molecule has 1 heterocycles. The van der Waals surface area contributed by atoms with Crippen molar-refractivity contribution in [3.8, 4) is 5.75 Å². The maximum Gasteiger partial charge on any atom is 0.248 e. The zero-order valence-corrected chi connectivity index (χ0v) is 20.0. The molecule has 1 aromatic carbocycles. The fourth-order valence-corrected chi connectivity index (χ4v) is 7.99. The van der Waals surface area contributed by atoms with Crippen LogP contribution in [-0.4, -0.2) is 53.9 Å². The van der Waals surface area contributed by atoms with Gasteiger partial charge in [-0.15, -0.1) is 11.8 Å². The highest BCUT2D eigenvalue weighted by Crippen LogP contribution is 2.60. The van der Waals surface area contributed by atoms with Crippen LogP contribution in [0.5, 0.6) is 5.75 Å². The first-order valence-electron chi connectivity index (χ1n) is 12.1. The molecule has 4 aliphatic carbocycles. The summed E-state index contributed by atoms with van der Waals surface area (Å²) in [6, 6.07) is 6.64. The summed E-state index contributed by atoms with van der Waals surface area (Å²) in [7, 11) is 1.60. The van der Waals surface area contributed by atoms with Gasteiger partial charge in [-0.1, -0.05) is 0 Å². The molecule has 1 saturated heterocycles. The van der Waals surface area contributed by atoms with Gasteiger partial charge in [0.2, 0.25) is 17.7 Å². The van der Waals surface area contributed by atoms with Crippen LogP contribution in [0.15, 0.2) is 24.3 Å². The number of carbonyl (C=O) groups is 3. The molecule has 1 unspecified atom stereocenters. The summed E-state index contributed by atoms with van der Waals surface area (Å²) in [5.74, 6) is 3.84. The molecule has 2 N–H and O–H groups in total. The van der Waals surface area contributed by atoms with Crippen molar-refractivity contribution in [2.24, 2.45) is 23.2 Å². The van der Waals surface area contributed by atoms with Gasteiger partial charge in [-0.05, 0) is 80.5 Å². The molecule has 4 saturated carbocycles. The van der Waals surface area contributed by atoms with Crippen molar-refractivity contribution in [3.05, 3.63) is 24.3 Å². The first-order valence-corrected chi connectivity index (χ1v) is 13.2. The van der Waals surface area contributed by atoms with Crippen molar-refractivity contribution in [2.75, 3.05) is 30.6 Å². The minimum atomic E-state index is -0.497. The molecule has 0 radical (unpaired) electrons. The second kappa shape index (κ2) is 9.20. The lowest BCUT2D eigenvalue weighted by Gasteiger charge is -2.55. The molecule has 1 aliphatic heterocycles. The van der Waals surface area contributed by atoms with Crippen molar-refractivity contribution >= 4 is 35.2 Å². The van der Waals surface area contributed by atoms with Gasteiger partial charge in [0.05, 0.1) is 13.0 Å². The number of amides is 3. The number of carbonyl (C=O) groups excluding carboxylic acids is 3. The van der Waals surface area contributed by atoms with E-state index in [1.54, 1.807) is 48.0 Å². The molecular weight excluding hydrogens is 438 g/mol. The molecule has 8 heteroatoms. The number of methoxy groups -OCH3 is 1. The van der Waals surface area contributed by atoms with Gasteiger partial charge in [-0.3, -0.25) is 14.4 Å². The van der Waals surface area contributed by atoms with Gasteiger partial charge in [0.1, 0.15) is 11.8 Å². The number of anilines is 1. The molecule has 5 aliphatic rings. The smallest absolute Gasteiger partial charge is 0.248 e. The van der Waals surface area contributed by atoms with Crippen LogP contribution >= 0.6 is 11.8 Å². The van der Waals surface area contributed by atoms with E-state index in [9.17, 15) is 14.4 Å². The maximum atomic E-state index is 13.1. The van der Waals surface area contributed by atoms with E-state index < -0.39 is 6.04 Å². The number of rotatable bonds is 7. The van der Waals surface area contributed by atoms with Crippen LogP contribution in [0.25, 0.3) is 0 Å². The average molecular weight is 472 g/mol. The molecule has 33 heavy (non-hydrogen) atoms. The van der Waals surface area contributed by atoms with E-state index in [4.69, 9.17) is 4.74 Å². The Morgan fingerprint density at radius 3 is 2.30 bits per heavy atom. The Kier molecular flexibility index (Phi) is 6.29. The fourth-order valence-electron chi connectivity index (χ4n) is 6.81. The van der Waals surface area contributed by atoms with E-state index in [1.165, 1.54) is 19.3 Å². The van der Waals surface area contributed by atoms with E-state index in [-0.39, 0.29) is 29.6 Å². The summed E-state index contributed by atoms with van der Waals surface area (Å²) in [6.45, 7) is 0.341. The van der Waals surface area contributed by atoms with Crippen LogP contribution in [0.2, 0.25) is 0 Å². The Hall–Kier alpha value is -2.22. The highest BCUT2D eigenvalue weighted by atomic mass is 32.2. The predicted octanol–water partition coefficient (Wildman–Crippen LogP) is 3.26. The lowest BCUT2D eigenvalue weighted by Crippen LogP contribution is -2.54. The summed E-state index contributed by atoms with van der Waals surface area (Å²) in [4.78, 5) is 40.4. The molecular formula is C25H33N3O4S. The molecule has 0 spiro atoms. The Morgan fingerprint density at radius 2 is 1.70 bits per heavy atom. The van der Waals surface area contributed by atoms with Crippen molar-refractivity contribution in [2.45, 2.75) is 51.0 Å². The number of benzene rings is 1. The van der Waals surface area contributed by atoms with Gasteiger partial charge >= 0.3 is 0 Å². The summed E-state index contributed by atoms with van der Waals surface area (Å²) >= 11 is 1.58. The predicted molar refractivity (Wildman–Crippen MR) is 128 cm³/mol. The van der Waals surface area contributed by atoms with Crippen LogP contribution in [0.3, 0.4) is 0 Å². The number of nitrogens with one attached hydrogen (secondary N) is 2. The van der Waals surface area contributed by atoms with Crippen molar-refractivity contribution in [1.82, 2.24) is 10.2 Å². The molecule has 5 fully saturated rings. The van der Waals surface area contributed by atoms with E-state index in [0.29, 0.717) is 23.9 Å². The SMILES string of the molecule is COc1ccc(NC(=O)C2CSCN2C(=O)CCNC(=O)C23CC4CC(CC(C4)C2)C3)cc1. The molecule has 4 bridgehead atoms. The Labute approximate surface area is 199 Å². The van der Waals surface area contributed by atoms with Crippen LogP contribution in [0.1, 0.15) is 44.9 Å². The highest BCUT2D eigenvalue weighted by Gasteiger charge is 2.54. The van der Waals surface area contributed by atoms with Gasteiger partial charge in [0.25, 0.3) is 0 Å². The summed E-state index contributed by atoms with van der Waals surface area (Å²) in [6.07, 6.45) is 7.21. The van der Waals surface area contributed by atoms with Gasteiger partial charge in [0, 0.05) is 29.8 Å². The zero-order valence-electron chi connectivity index (χ0n) is 19.2. The second-order valence-electron chi connectivity index (χ2n) is 10.3. The minimum absolute atomic E-state index is 0.0827. The monoisotopic (exact) mass is 471 g/mol. The second-order valence-corrected chi connectivity index (χ2v) is 11.3. The molecule has 1 aromatic rings. The number of thioether (sulfide) groups is 1. The lowest BCUT2D eigenvalue weighted by molar-refractivity contribution is -0.146. The minimum Gasteiger partial charge on any atom is -0.497 e. The van der Waals surface area contributed by atoms with Crippen molar-refractivity contribution in [3.63, 3.8) is 0 Å². The van der Waals surface area contributed by atoms with Gasteiger partial charge in [0.15, 0.2) is 0 Å². The first kappa shape index (κ1) is 22.6. The van der Waals surface area contributed by atoms with Crippen LogP contribution in [0.4, 0.5) is 5.69 Å². The largest absolute Gasteiger partial charge is 0.497 e. The number of hydrogen-bond donors (Lipinski definition) is 2. The van der Waals surface area contributed by atoms with Crippen molar-refractivity contribution < 1.29 is 19.1 Å². The zero-order chi connectivity index (χ0) is 23.0. The molecule has 6 rings (SSSR count). The van der Waals surface area contributed by atoms with Gasteiger partial charge < -0.3 is 20.3 Å². The van der Waals surface area contributed by atoms with E-state index in [0.717, 1.165) is 42.8 Å². The first-order chi connectivity index (χ1) is 16.0. The average Bonchev–Trinajstić information content (AvgIpc) is 3.29. The van der Waals surface area contributed by atoms with Crippen LogP contribution in [-0.2, 0) is 14.4 Å². The maximum absolute atomic E-state index is 13.1. The topological polar surface area (TPSA) is 87.7 Å². The third-order valence-corrected chi connectivity index (χ3v) is 9.02. The summed E-state index contributed by atoms with van der Waals surface area (Å²) in [5.41, 5.74) is 0.482. The Balaban J connectivity index is 1.12. The normalized spacial score (nSPS) is 32.0. The van der Waals surface area contributed by atoms with E-state index in [2.05, 4.69) is 10.6 Å². The standard InChI is InChI=1S/C25H33N3O4S/c1-32-20-4-2-19(3-5-20)27-23(30)21-14-33-15-28(21)22(29)6-7-26-24(31)25-11-16-8-17(12-25)10-18(9-16)13-25/h2-5,16-18,21H,6-15H2,1H3,(H,26,31)(H,27,30). The van der Waals surface area contributed by atoms with Crippen LogP contribution in [0, 0.1) is 23.2 Å². The summed E-state index contributed by atoms with van der Waals surface area (Å²) < 4.78 is 5.15. The van der Waals surface area contributed by atoms with Crippen LogP contribution < -0.4 is 15.4 Å². The van der Waals surface area contributed by atoms with E-state index in [1.807, 2.05) is 0 Å². The number of ether oxygens (including phenoxy) is 1. The highest BCUT2D eigenvalue weighted by molar-refractivity contribution is 7.99.